The molecule has 0 atom stereocenters. The number of rotatable bonds is 6. The summed E-state index contributed by atoms with van der Waals surface area (Å²) in [6.45, 7) is 2.60. The first-order chi connectivity index (χ1) is 13.7. The van der Waals surface area contributed by atoms with Crippen LogP contribution in [-0.4, -0.2) is 27.0 Å². The first-order valence-corrected chi connectivity index (χ1v) is 9.98. The molecule has 4 rings (SSSR count). The number of hydrogen-bond donors (Lipinski definition) is 1. The predicted octanol–water partition coefficient (Wildman–Crippen LogP) is 4.14. The lowest BCUT2D eigenvalue weighted by Crippen LogP contribution is -2.23. The van der Waals surface area contributed by atoms with Crippen LogP contribution >= 0.6 is 11.3 Å². The first kappa shape index (κ1) is 18.1. The van der Waals surface area contributed by atoms with Crippen LogP contribution in [0.4, 0.5) is 0 Å². The monoisotopic (exact) mass is 388 g/mol. The van der Waals surface area contributed by atoms with E-state index in [2.05, 4.69) is 34.5 Å². The number of fused-ring (bicyclic) bond motifs is 1. The van der Waals surface area contributed by atoms with Crippen LogP contribution in [0.1, 0.15) is 16.8 Å². The average Bonchev–Trinajstić information content (AvgIpc) is 3.29. The zero-order valence-corrected chi connectivity index (χ0v) is 16.3. The van der Waals surface area contributed by atoms with Gasteiger partial charge in [0.05, 0.1) is 5.69 Å². The number of amides is 1. The number of nitrogens with zero attached hydrogens (tertiary/aromatic N) is 3. The van der Waals surface area contributed by atoms with Crippen LogP contribution in [0.5, 0.6) is 0 Å². The molecule has 0 saturated heterocycles. The molecule has 2 aromatic heterocycles. The molecular formula is C22H20N4OS. The Morgan fingerprint density at radius 1 is 1.18 bits per heavy atom. The fourth-order valence-corrected chi connectivity index (χ4v) is 3.77. The molecule has 1 N–H and O–H groups in total. The maximum Gasteiger partial charge on any atom is 0.244 e. The highest BCUT2D eigenvalue weighted by Crippen LogP contribution is 2.21. The van der Waals surface area contributed by atoms with Gasteiger partial charge in [0.15, 0.2) is 5.82 Å². The maximum atomic E-state index is 12.0. The van der Waals surface area contributed by atoms with Crippen LogP contribution in [0.3, 0.4) is 0 Å². The quantitative estimate of drug-likeness (QED) is 0.505. The second kappa shape index (κ2) is 8.19. The Hall–Kier alpha value is -3.25. The van der Waals surface area contributed by atoms with E-state index in [0.29, 0.717) is 13.0 Å². The number of carbonyl (C=O) groups is 1. The number of carbonyl (C=O) groups excluding carboxylic acids is 1. The van der Waals surface area contributed by atoms with Gasteiger partial charge in [0.2, 0.25) is 10.9 Å². The number of nitrogens with one attached hydrogen (secondary N) is 1. The van der Waals surface area contributed by atoms with Gasteiger partial charge >= 0.3 is 0 Å². The van der Waals surface area contributed by atoms with Crippen molar-refractivity contribution >= 4 is 28.3 Å². The third-order valence-corrected chi connectivity index (χ3v) is 5.20. The SMILES string of the molecule is Cc1cccc(-c2nc3scc(CCNC(=O)/C=C/c4ccccc4)n3n2)c1. The van der Waals surface area contributed by atoms with Crippen molar-refractivity contribution in [3.05, 3.63) is 82.9 Å². The van der Waals surface area contributed by atoms with Crippen molar-refractivity contribution < 1.29 is 4.79 Å². The Kier molecular flexibility index (Phi) is 5.30. The third kappa shape index (κ3) is 4.18. The topological polar surface area (TPSA) is 59.3 Å². The van der Waals surface area contributed by atoms with Crippen LogP contribution < -0.4 is 5.32 Å². The van der Waals surface area contributed by atoms with Gasteiger partial charge in [0, 0.05) is 30.0 Å². The molecule has 4 aromatic rings. The third-order valence-electron chi connectivity index (χ3n) is 4.33. The van der Waals surface area contributed by atoms with Gasteiger partial charge in [-0.05, 0) is 24.6 Å². The van der Waals surface area contributed by atoms with E-state index in [9.17, 15) is 4.79 Å². The molecule has 0 aliphatic heterocycles. The molecule has 0 spiro atoms. The molecule has 2 heterocycles. The number of benzene rings is 2. The first-order valence-electron chi connectivity index (χ1n) is 9.10. The van der Waals surface area contributed by atoms with Crippen LogP contribution in [0.15, 0.2) is 66.1 Å². The van der Waals surface area contributed by atoms with E-state index in [4.69, 9.17) is 0 Å². The highest BCUT2D eigenvalue weighted by atomic mass is 32.1. The fraction of sp³-hybridized carbons (Fsp3) is 0.136. The summed E-state index contributed by atoms with van der Waals surface area (Å²) in [5, 5.41) is 9.61. The van der Waals surface area contributed by atoms with Gasteiger partial charge in [-0.2, -0.15) is 4.98 Å². The second-order valence-electron chi connectivity index (χ2n) is 6.51. The molecule has 0 saturated carbocycles. The molecule has 6 heteroatoms. The molecule has 0 bridgehead atoms. The Morgan fingerprint density at radius 3 is 2.86 bits per heavy atom. The summed E-state index contributed by atoms with van der Waals surface area (Å²) in [6, 6.07) is 17.9. The van der Waals surface area contributed by atoms with Crippen molar-refractivity contribution in [2.45, 2.75) is 13.3 Å². The summed E-state index contributed by atoms with van der Waals surface area (Å²) in [4.78, 5) is 17.5. The van der Waals surface area contributed by atoms with E-state index in [1.807, 2.05) is 58.4 Å². The Labute approximate surface area is 167 Å². The van der Waals surface area contributed by atoms with Gasteiger partial charge < -0.3 is 5.32 Å². The molecule has 0 unspecified atom stereocenters. The highest BCUT2D eigenvalue weighted by molar-refractivity contribution is 7.15. The Bertz CT molecular complexity index is 1130. The summed E-state index contributed by atoms with van der Waals surface area (Å²) < 4.78 is 1.87. The molecular weight excluding hydrogens is 368 g/mol. The Morgan fingerprint density at radius 2 is 2.04 bits per heavy atom. The van der Waals surface area contributed by atoms with E-state index >= 15 is 0 Å². The number of hydrogen-bond acceptors (Lipinski definition) is 4. The van der Waals surface area contributed by atoms with Crippen molar-refractivity contribution in [3.8, 4) is 11.4 Å². The van der Waals surface area contributed by atoms with Gasteiger partial charge in [-0.3, -0.25) is 4.79 Å². The largest absolute Gasteiger partial charge is 0.352 e. The van der Waals surface area contributed by atoms with Crippen molar-refractivity contribution in [1.29, 1.82) is 0 Å². The van der Waals surface area contributed by atoms with E-state index < -0.39 is 0 Å². The maximum absolute atomic E-state index is 12.0. The van der Waals surface area contributed by atoms with Crippen molar-refractivity contribution in [2.75, 3.05) is 6.54 Å². The number of aromatic nitrogens is 3. The highest BCUT2D eigenvalue weighted by Gasteiger charge is 2.11. The van der Waals surface area contributed by atoms with Crippen LogP contribution in [0, 0.1) is 6.92 Å². The van der Waals surface area contributed by atoms with Crippen LogP contribution in [-0.2, 0) is 11.2 Å². The predicted molar refractivity (Wildman–Crippen MR) is 113 cm³/mol. The minimum Gasteiger partial charge on any atom is -0.352 e. The van der Waals surface area contributed by atoms with E-state index in [-0.39, 0.29) is 5.91 Å². The van der Waals surface area contributed by atoms with E-state index in [0.717, 1.165) is 27.6 Å². The van der Waals surface area contributed by atoms with Crippen molar-refractivity contribution in [2.24, 2.45) is 0 Å². The summed E-state index contributed by atoms with van der Waals surface area (Å²) in [7, 11) is 0. The molecule has 5 nitrogen and oxygen atoms in total. The van der Waals surface area contributed by atoms with Gasteiger partial charge in [0.1, 0.15) is 0 Å². The minimum absolute atomic E-state index is 0.102. The molecule has 140 valence electrons. The van der Waals surface area contributed by atoms with Gasteiger partial charge in [-0.1, -0.05) is 54.1 Å². The van der Waals surface area contributed by atoms with Crippen molar-refractivity contribution in [3.63, 3.8) is 0 Å². The summed E-state index contributed by atoms with van der Waals surface area (Å²) in [6.07, 6.45) is 4.06. The second-order valence-corrected chi connectivity index (χ2v) is 7.35. The minimum atomic E-state index is -0.102. The number of aryl methyl sites for hydroxylation is 1. The van der Waals surface area contributed by atoms with Gasteiger partial charge in [-0.15, -0.1) is 16.4 Å². The molecule has 0 fully saturated rings. The smallest absolute Gasteiger partial charge is 0.244 e. The van der Waals surface area contributed by atoms with Gasteiger partial charge in [-0.25, -0.2) is 4.52 Å². The molecule has 1 amide bonds. The standard InChI is InChI=1S/C22H20N4OS/c1-16-6-5-9-18(14-16)21-24-22-26(25-21)19(15-28-22)12-13-23-20(27)11-10-17-7-3-2-4-8-17/h2-11,14-15H,12-13H2,1H3,(H,23,27)/b11-10+. The van der Waals surface area contributed by atoms with Crippen LogP contribution in [0.25, 0.3) is 22.4 Å². The summed E-state index contributed by atoms with van der Waals surface area (Å²) in [5.74, 6) is 0.626. The lowest BCUT2D eigenvalue weighted by molar-refractivity contribution is -0.116. The molecule has 2 aromatic carbocycles. The lowest BCUT2D eigenvalue weighted by atomic mass is 10.1. The summed E-state index contributed by atoms with van der Waals surface area (Å²) in [5.41, 5.74) is 4.24. The Balaban J connectivity index is 1.38. The van der Waals surface area contributed by atoms with Gasteiger partial charge in [0.25, 0.3) is 0 Å². The van der Waals surface area contributed by atoms with E-state index in [1.165, 1.54) is 5.56 Å². The van der Waals surface area contributed by atoms with Crippen LogP contribution in [0.2, 0.25) is 0 Å². The number of thiazole rings is 1. The van der Waals surface area contributed by atoms with E-state index in [1.54, 1.807) is 17.4 Å². The normalized spacial score (nSPS) is 11.3. The average molecular weight is 388 g/mol. The molecule has 0 aliphatic carbocycles. The van der Waals surface area contributed by atoms with Crippen molar-refractivity contribution in [1.82, 2.24) is 19.9 Å². The molecule has 0 radical (unpaired) electrons. The lowest BCUT2D eigenvalue weighted by Gasteiger charge is -2.01. The molecule has 28 heavy (non-hydrogen) atoms. The zero-order chi connectivity index (χ0) is 19.3. The zero-order valence-electron chi connectivity index (χ0n) is 15.5. The fourth-order valence-electron chi connectivity index (χ4n) is 2.91. The summed E-state index contributed by atoms with van der Waals surface area (Å²) >= 11 is 1.56. The molecule has 0 aliphatic rings.